The van der Waals surface area contributed by atoms with E-state index in [1.54, 1.807) is 28.4 Å². The number of halogens is 1. The van der Waals surface area contributed by atoms with Crippen molar-refractivity contribution in [3.63, 3.8) is 0 Å². The molecule has 2 aromatic rings. The third-order valence-corrected chi connectivity index (χ3v) is 4.98. The summed E-state index contributed by atoms with van der Waals surface area (Å²) in [6.07, 6.45) is 0. The van der Waals surface area contributed by atoms with Crippen LogP contribution >= 0.6 is 27.3 Å². The first-order chi connectivity index (χ1) is 9.40. The number of rotatable bonds is 3. The number of anilines is 1. The molecular formula is C15H17BrN2OS. The minimum atomic E-state index is -0.0673. The van der Waals surface area contributed by atoms with Gasteiger partial charge < -0.3 is 10.6 Å². The van der Waals surface area contributed by atoms with Gasteiger partial charge in [-0.05, 0) is 44.2 Å². The van der Waals surface area contributed by atoms with Crippen LogP contribution in [0.5, 0.6) is 0 Å². The van der Waals surface area contributed by atoms with E-state index in [1.807, 2.05) is 20.0 Å². The highest BCUT2D eigenvalue weighted by Crippen LogP contribution is 2.28. The van der Waals surface area contributed by atoms with Gasteiger partial charge in [0.1, 0.15) is 0 Å². The molecule has 0 aliphatic heterocycles. The average Bonchev–Trinajstić information content (AvgIpc) is 2.85. The number of nitrogens with two attached hydrogens (primary N) is 1. The highest BCUT2D eigenvalue weighted by Gasteiger charge is 2.21. The lowest BCUT2D eigenvalue weighted by Crippen LogP contribution is -2.29. The van der Waals surface area contributed by atoms with E-state index in [4.69, 9.17) is 5.73 Å². The SMILES string of the molecule is Cc1ccc(C(C)N(C)C(=O)c2cc(Br)ccc2N)s1. The summed E-state index contributed by atoms with van der Waals surface area (Å²) in [6, 6.07) is 9.50. The van der Waals surface area contributed by atoms with Crippen LogP contribution in [0.15, 0.2) is 34.8 Å². The molecule has 2 N–H and O–H groups in total. The number of benzene rings is 1. The normalized spacial score (nSPS) is 12.2. The Morgan fingerprint density at radius 3 is 2.65 bits per heavy atom. The Bertz CT molecular complexity index is 639. The van der Waals surface area contributed by atoms with Crippen LogP contribution < -0.4 is 5.73 Å². The van der Waals surface area contributed by atoms with Crippen LogP contribution in [-0.4, -0.2) is 17.9 Å². The number of amides is 1. The standard InChI is InChI=1S/C15H17BrN2OS/c1-9-4-7-14(20-9)10(2)18(3)15(19)12-8-11(16)5-6-13(12)17/h4-8,10H,17H2,1-3H3. The molecule has 0 fully saturated rings. The number of aryl methyl sites for hydroxylation is 1. The molecular weight excluding hydrogens is 336 g/mol. The third-order valence-electron chi connectivity index (χ3n) is 3.32. The van der Waals surface area contributed by atoms with Gasteiger partial charge >= 0.3 is 0 Å². The second-order valence-corrected chi connectivity index (χ2v) is 7.01. The van der Waals surface area contributed by atoms with Gasteiger partial charge in [-0.2, -0.15) is 0 Å². The van der Waals surface area contributed by atoms with Gasteiger partial charge in [0.2, 0.25) is 0 Å². The molecule has 1 atom stereocenters. The molecule has 0 spiro atoms. The van der Waals surface area contributed by atoms with E-state index in [-0.39, 0.29) is 11.9 Å². The maximum atomic E-state index is 12.6. The summed E-state index contributed by atoms with van der Waals surface area (Å²) in [7, 11) is 1.81. The lowest BCUT2D eigenvalue weighted by Gasteiger charge is -2.24. The number of thiophene rings is 1. The van der Waals surface area contributed by atoms with Crippen molar-refractivity contribution in [1.29, 1.82) is 0 Å². The van der Waals surface area contributed by atoms with Gasteiger partial charge in [0, 0.05) is 27.0 Å². The summed E-state index contributed by atoms with van der Waals surface area (Å²) >= 11 is 5.08. The summed E-state index contributed by atoms with van der Waals surface area (Å²) in [5.74, 6) is -0.0673. The van der Waals surface area contributed by atoms with Crippen LogP contribution in [0.3, 0.4) is 0 Å². The summed E-state index contributed by atoms with van der Waals surface area (Å²) in [5, 5.41) is 0. The van der Waals surface area contributed by atoms with Crippen molar-refractivity contribution in [3.8, 4) is 0 Å². The Kier molecular flexibility index (Phi) is 4.50. The zero-order valence-electron chi connectivity index (χ0n) is 11.7. The summed E-state index contributed by atoms with van der Waals surface area (Å²) in [5.41, 5.74) is 6.93. The van der Waals surface area contributed by atoms with Gasteiger partial charge in [-0.3, -0.25) is 4.79 Å². The van der Waals surface area contributed by atoms with Gasteiger partial charge in [0.15, 0.2) is 0 Å². The van der Waals surface area contributed by atoms with E-state index >= 15 is 0 Å². The second kappa shape index (κ2) is 5.97. The molecule has 0 aliphatic rings. The van der Waals surface area contributed by atoms with E-state index in [1.165, 1.54) is 9.75 Å². The van der Waals surface area contributed by atoms with Crippen molar-refractivity contribution >= 4 is 38.9 Å². The zero-order valence-corrected chi connectivity index (χ0v) is 14.1. The lowest BCUT2D eigenvalue weighted by atomic mass is 10.1. The van der Waals surface area contributed by atoms with Crippen molar-refractivity contribution in [2.45, 2.75) is 19.9 Å². The van der Waals surface area contributed by atoms with Crippen LogP contribution in [0.25, 0.3) is 0 Å². The number of carbonyl (C=O) groups is 1. The van der Waals surface area contributed by atoms with Crippen molar-refractivity contribution in [2.75, 3.05) is 12.8 Å². The monoisotopic (exact) mass is 352 g/mol. The Hall–Kier alpha value is -1.33. The minimum absolute atomic E-state index is 0.0274. The van der Waals surface area contributed by atoms with E-state index in [9.17, 15) is 4.79 Å². The summed E-state index contributed by atoms with van der Waals surface area (Å²) in [4.78, 5) is 16.7. The molecule has 0 aliphatic carbocycles. The minimum Gasteiger partial charge on any atom is -0.398 e. The third kappa shape index (κ3) is 3.04. The summed E-state index contributed by atoms with van der Waals surface area (Å²) < 4.78 is 0.850. The predicted molar refractivity (Wildman–Crippen MR) is 88.1 cm³/mol. The fraction of sp³-hybridized carbons (Fsp3) is 0.267. The maximum Gasteiger partial charge on any atom is 0.256 e. The number of hydrogen-bond acceptors (Lipinski definition) is 3. The van der Waals surface area contributed by atoms with Crippen LogP contribution in [0.2, 0.25) is 0 Å². The Morgan fingerprint density at radius 1 is 1.35 bits per heavy atom. The first-order valence-electron chi connectivity index (χ1n) is 6.28. The maximum absolute atomic E-state index is 12.6. The zero-order chi connectivity index (χ0) is 14.9. The van der Waals surface area contributed by atoms with Crippen LogP contribution in [-0.2, 0) is 0 Å². The first kappa shape index (κ1) is 15.1. The second-order valence-electron chi connectivity index (χ2n) is 4.77. The van der Waals surface area contributed by atoms with Gasteiger partial charge in [-0.25, -0.2) is 0 Å². The molecule has 0 radical (unpaired) electrons. The molecule has 2 rings (SSSR count). The van der Waals surface area contributed by atoms with E-state index in [2.05, 4.69) is 35.0 Å². The van der Waals surface area contributed by atoms with Crippen LogP contribution in [0.4, 0.5) is 5.69 Å². The molecule has 1 amide bonds. The highest BCUT2D eigenvalue weighted by molar-refractivity contribution is 9.10. The largest absolute Gasteiger partial charge is 0.398 e. The van der Waals surface area contributed by atoms with Gasteiger partial charge in [-0.1, -0.05) is 15.9 Å². The van der Waals surface area contributed by atoms with Crippen molar-refractivity contribution in [1.82, 2.24) is 4.90 Å². The molecule has 106 valence electrons. The number of nitrogen functional groups attached to an aromatic ring is 1. The number of carbonyl (C=O) groups excluding carboxylic acids is 1. The predicted octanol–water partition coefficient (Wildman–Crippen LogP) is 4.23. The topological polar surface area (TPSA) is 46.3 Å². The highest BCUT2D eigenvalue weighted by atomic mass is 79.9. The molecule has 0 bridgehead atoms. The molecule has 1 aromatic carbocycles. The number of nitrogens with zero attached hydrogens (tertiary/aromatic N) is 1. The molecule has 20 heavy (non-hydrogen) atoms. The van der Waals surface area contributed by atoms with Gasteiger partial charge in [0.05, 0.1) is 11.6 Å². The molecule has 1 aromatic heterocycles. The lowest BCUT2D eigenvalue weighted by molar-refractivity contribution is 0.0746. The van der Waals surface area contributed by atoms with Crippen LogP contribution in [0.1, 0.15) is 33.1 Å². The first-order valence-corrected chi connectivity index (χ1v) is 7.89. The van der Waals surface area contributed by atoms with Gasteiger partial charge in [-0.15, -0.1) is 11.3 Å². The van der Waals surface area contributed by atoms with E-state index in [0.717, 1.165) is 4.47 Å². The van der Waals surface area contributed by atoms with E-state index < -0.39 is 0 Å². The Balaban J connectivity index is 2.26. The molecule has 1 unspecified atom stereocenters. The fourth-order valence-electron chi connectivity index (χ4n) is 1.95. The van der Waals surface area contributed by atoms with Crippen molar-refractivity contribution in [3.05, 3.63) is 50.1 Å². The Labute approximate surface area is 131 Å². The molecule has 0 saturated carbocycles. The molecule has 5 heteroatoms. The summed E-state index contributed by atoms with van der Waals surface area (Å²) in [6.45, 7) is 4.09. The average molecular weight is 353 g/mol. The van der Waals surface area contributed by atoms with Crippen LogP contribution in [0, 0.1) is 6.92 Å². The van der Waals surface area contributed by atoms with Gasteiger partial charge in [0.25, 0.3) is 5.91 Å². The van der Waals surface area contributed by atoms with Crippen molar-refractivity contribution < 1.29 is 4.79 Å². The smallest absolute Gasteiger partial charge is 0.256 e. The molecule has 1 heterocycles. The van der Waals surface area contributed by atoms with Crippen molar-refractivity contribution in [2.24, 2.45) is 0 Å². The fourth-order valence-corrected chi connectivity index (χ4v) is 3.28. The molecule has 0 saturated heterocycles. The molecule has 3 nitrogen and oxygen atoms in total. The number of hydrogen-bond donors (Lipinski definition) is 1. The Morgan fingerprint density at radius 2 is 2.05 bits per heavy atom. The van der Waals surface area contributed by atoms with E-state index in [0.29, 0.717) is 11.3 Å². The quantitative estimate of drug-likeness (QED) is 0.840.